The molecule has 1 amide bonds. The van der Waals surface area contributed by atoms with E-state index in [2.05, 4.69) is 5.32 Å². The van der Waals surface area contributed by atoms with E-state index in [0.29, 0.717) is 18.0 Å². The van der Waals surface area contributed by atoms with Crippen molar-refractivity contribution in [2.45, 2.75) is 18.2 Å². The molecule has 0 radical (unpaired) electrons. The molecule has 1 fully saturated rings. The summed E-state index contributed by atoms with van der Waals surface area (Å²) in [5.41, 5.74) is 0.630. The fourth-order valence-electron chi connectivity index (χ4n) is 1.66. The zero-order chi connectivity index (χ0) is 12.3. The van der Waals surface area contributed by atoms with Crippen LogP contribution in [-0.4, -0.2) is 24.9 Å². The molecule has 1 atom stereocenters. The van der Waals surface area contributed by atoms with Crippen molar-refractivity contribution in [1.82, 2.24) is 5.32 Å². The quantitative estimate of drug-likeness (QED) is 0.819. The van der Waals surface area contributed by atoms with Crippen LogP contribution in [0.2, 0.25) is 0 Å². The Morgan fingerprint density at radius 2 is 2.12 bits per heavy atom. The Morgan fingerprint density at radius 3 is 2.65 bits per heavy atom. The third-order valence-electron chi connectivity index (χ3n) is 2.94. The van der Waals surface area contributed by atoms with Gasteiger partial charge in [0.2, 0.25) is 0 Å². The summed E-state index contributed by atoms with van der Waals surface area (Å²) in [6.07, 6.45) is 2.37. The monoisotopic (exact) mass is 253 g/mol. The van der Waals surface area contributed by atoms with Crippen LogP contribution in [0, 0.1) is 5.92 Å². The van der Waals surface area contributed by atoms with Crippen LogP contribution < -0.4 is 10.1 Å². The second-order valence-electron chi connectivity index (χ2n) is 4.29. The predicted molar refractivity (Wildman–Crippen MR) is 67.7 cm³/mol. The molecule has 2 rings (SSSR count). The molecular formula is C13H16ClNO2. The second-order valence-corrected chi connectivity index (χ2v) is 4.85. The highest BCUT2D eigenvalue weighted by Crippen LogP contribution is 2.35. The predicted octanol–water partition coefficient (Wildman–Crippen LogP) is 2.44. The maximum Gasteiger partial charge on any atom is 0.251 e. The van der Waals surface area contributed by atoms with E-state index in [0.717, 1.165) is 5.75 Å². The number of ether oxygens (including phenoxy) is 1. The molecule has 4 heteroatoms. The van der Waals surface area contributed by atoms with Crippen LogP contribution in [0.5, 0.6) is 5.75 Å². The van der Waals surface area contributed by atoms with Crippen molar-refractivity contribution in [1.29, 1.82) is 0 Å². The van der Waals surface area contributed by atoms with Crippen LogP contribution in [0.3, 0.4) is 0 Å². The molecule has 0 heterocycles. The zero-order valence-electron chi connectivity index (χ0n) is 9.78. The van der Waals surface area contributed by atoms with Crippen LogP contribution in [0.4, 0.5) is 0 Å². The normalized spacial score (nSPS) is 16.4. The summed E-state index contributed by atoms with van der Waals surface area (Å²) in [7, 11) is 1.60. The van der Waals surface area contributed by atoms with E-state index < -0.39 is 0 Å². The maximum absolute atomic E-state index is 11.8. The molecule has 3 nitrogen and oxygen atoms in total. The molecule has 1 unspecified atom stereocenters. The smallest absolute Gasteiger partial charge is 0.251 e. The van der Waals surface area contributed by atoms with E-state index in [9.17, 15) is 4.79 Å². The molecule has 1 saturated carbocycles. The summed E-state index contributed by atoms with van der Waals surface area (Å²) in [5.74, 6) is 1.25. The number of hydrogen-bond acceptors (Lipinski definition) is 2. The summed E-state index contributed by atoms with van der Waals surface area (Å²) >= 11 is 6.12. The summed E-state index contributed by atoms with van der Waals surface area (Å²) in [4.78, 5) is 11.8. The van der Waals surface area contributed by atoms with E-state index in [1.165, 1.54) is 12.8 Å². The Morgan fingerprint density at radius 1 is 1.47 bits per heavy atom. The maximum atomic E-state index is 11.8. The van der Waals surface area contributed by atoms with E-state index in [-0.39, 0.29) is 11.3 Å². The highest BCUT2D eigenvalue weighted by Gasteiger charge is 2.29. The number of hydrogen-bond donors (Lipinski definition) is 1. The molecule has 1 aromatic rings. The minimum absolute atomic E-state index is 0.0669. The fourth-order valence-corrected chi connectivity index (χ4v) is 1.99. The molecule has 1 aromatic carbocycles. The first-order valence-corrected chi connectivity index (χ1v) is 6.20. The Hall–Kier alpha value is -1.22. The van der Waals surface area contributed by atoms with Gasteiger partial charge in [0, 0.05) is 12.1 Å². The number of nitrogens with one attached hydrogen (secondary N) is 1. The standard InChI is InChI=1S/C13H16ClNO2/c1-17-11-6-4-10(5-7-11)13(16)15-8-12(14)9-2-3-9/h4-7,9,12H,2-3,8H2,1H3,(H,15,16). The SMILES string of the molecule is COc1ccc(C(=O)NCC(Cl)C2CC2)cc1. The highest BCUT2D eigenvalue weighted by atomic mass is 35.5. The van der Waals surface area contributed by atoms with Crippen LogP contribution in [0.25, 0.3) is 0 Å². The molecule has 0 aliphatic heterocycles. The average Bonchev–Trinajstić information content (AvgIpc) is 3.20. The Balaban J connectivity index is 1.85. The van der Waals surface area contributed by atoms with Gasteiger partial charge >= 0.3 is 0 Å². The summed E-state index contributed by atoms with van der Waals surface area (Å²) < 4.78 is 5.03. The fraction of sp³-hybridized carbons (Fsp3) is 0.462. The number of carbonyl (C=O) groups excluding carboxylic acids is 1. The Bertz CT molecular complexity index is 387. The van der Waals surface area contributed by atoms with E-state index in [4.69, 9.17) is 16.3 Å². The number of benzene rings is 1. The number of alkyl halides is 1. The first kappa shape index (κ1) is 12.2. The summed E-state index contributed by atoms with van der Waals surface area (Å²) in [5, 5.41) is 2.91. The molecule has 1 aliphatic rings. The van der Waals surface area contributed by atoms with Crippen LogP contribution in [0.15, 0.2) is 24.3 Å². The molecular weight excluding hydrogens is 238 g/mol. The lowest BCUT2D eigenvalue weighted by Gasteiger charge is -2.09. The zero-order valence-corrected chi connectivity index (χ0v) is 10.5. The number of halogens is 1. The Kier molecular flexibility index (Phi) is 3.89. The molecule has 0 spiro atoms. The van der Waals surface area contributed by atoms with Crippen molar-refractivity contribution in [3.63, 3.8) is 0 Å². The van der Waals surface area contributed by atoms with Gasteiger partial charge in [-0.15, -0.1) is 11.6 Å². The van der Waals surface area contributed by atoms with Gasteiger partial charge in [-0.2, -0.15) is 0 Å². The van der Waals surface area contributed by atoms with Gasteiger partial charge in [0.25, 0.3) is 5.91 Å². The molecule has 0 bridgehead atoms. The van der Waals surface area contributed by atoms with Crippen molar-refractivity contribution >= 4 is 17.5 Å². The topological polar surface area (TPSA) is 38.3 Å². The minimum Gasteiger partial charge on any atom is -0.497 e. The van der Waals surface area contributed by atoms with Gasteiger partial charge < -0.3 is 10.1 Å². The number of carbonyl (C=O) groups is 1. The van der Waals surface area contributed by atoms with Gasteiger partial charge in [0.1, 0.15) is 5.75 Å². The lowest BCUT2D eigenvalue weighted by atomic mass is 10.2. The lowest BCUT2D eigenvalue weighted by Crippen LogP contribution is -2.30. The molecule has 17 heavy (non-hydrogen) atoms. The first-order chi connectivity index (χ1) is 8.20. The molecule has 0 saturated heterocycles. The summed E-state index contributed by atoms with van der Waals surface area (Å²) in [6.45, 7) is 0.539. The average molecular weight is 254 g/mol. The van der Waals surface area contributed by atoms with Gasteiger partial charge in [0.05, 0.1) is 12.5 Å². The van der Waals surface area contributed by atoms with Crippen LogP contribution >= 0.6 is 11.6 Å². The van der Waals surface area contributed by atoms with Crippen LogP contribution in [-0.2, 0) is 0 Å². The molecule has 1 N–H and O–H groups in total. The van der Waals surface area contributed by atoms with Gasteiger partial charge in [-0.25, -0.2) is 0 Å². The van der Waals surface area contributed by atoms with Crippen molar-refractivity contribution in [2.75, 3.05) is 13.7 Å². The number of methoxy groups -OCH3 is 1. The van der Waals surface area contributed by atoms with Gasteiger partial charge in [-0.3, -0.25) is 4.79 Å². The molecule has 92 valence electrons. The van der Waals surface area contributed by atoms with Crippen molar-refractivity contribution in [3.8, 4) is 5.75 Å². The minimum atomic E-state index is -0.0843. The third kappa shape index (κ3) is 3.37. The van der Waals surface area contributed by atoms with E-state index in [1.54, 1.807) is 31.4 Å². The van der Waals surface area contributed by atoms with Gasteiger partial charge in [-0.1, -0.05) is 0 Å². The van der Waals surface area contributed by atoms with Crippen molar-refractivity contribution < 1.29 is 9.53 Å². The van der Waals surface area contributed by atoms with E-state index >= 15 is 0 Å². The van der Waals surface area contributed by atoms with Crippen molar-refractivity contribution in [2.24, 2.45) is 5.92 Å². The first-order valence-electron chi connectivity index (χ1n) is 5.77. The number of amides is 1. The largest absolute Gasteiger partial charge is 0.497 e. The van der Waals surface area contributed by atoms with Crippen molar-refractivity contribution in [3.05, 3.63) is 29.8 Å². The number of rotatable bonds is 5. The lowest BCUT2D eigenvalue weighted by molar-refractivity contribution is 0.0953. The third-order valence-corrected chi connectivity index (χ3v) is 3.45. The second kappa shape index (κ2) is 5.41. The Labute approximate surface area is 106 Å². The van der Waals surface area contributed by atoms with Crippen LogP contribution in [0.1, 0.15) is 23.2 Å². The molecule has 1 aliphatic carbocycles. The van der Waals surface area contributed by atoms with Gasteiger partial charge in [-0.05, 0) is 43.0 Å². The van der Waals surface area contributed by atoms with Gasteiger partial charge in [0.15, 0.2) is 0 Å². The molecule has 0 aromatic heterocycles. The van der Waals surface area contributed by atoms with E-state index in [1.807, 2.05) is 0 Å². The summed E-state index contributed by atoms with van der Waals surface area (Å²) in [6, 6.07) is 7.03. The highest BCUT2D eigenvalue weighted by molar-refractivity contribution is 6.21.